The van der Waals surface area contributed by atoms with Crippen LogP contribution in [-0.2, 0) is 9.84 Å². The molecular formula is C12H22I4O2S. The van der Waals surface area contributed by atoms with Gasteiger partial charge in [0.15, 0.2) is 11.4 Å². The Labute approximate surface area is 172 Å². The first-order valence-corrected chi connectivity index (χ1v) is 12.4. The van der Waals surface area contributed by atoms with Crippen molar-refractivity contribution in [1.82, 2.24) is 0 Å². The van der Waals surface area contributed by atoms with Crippen LogP contribution in [0.2, 0.25) is 0 Å². The van der Waals surface area contributed by atoms with E-state index in [1.54, 1.807) is 0 Å². The summed E-state index contributed by atoms with van der Waals surface area (Å²) in [7, 11) is -3.15. The molecule has 0 radical (unpaired) electrons. The van der Waals surface area contributed by atoms with Crippen LogP contribution in [0.5, 0.6) is 0 Å². The van der Waals surface area contributed by atoms with Crippen LogP contribution < -0.4 is 0 Å². The Morgan fingerprint density at radius 1 is 0.737 bits per heavy atom. The van der Waals surface area contributed by atoms with Gasteiger partial charge in [-0.25, -0.2) is 8.42 Å². The lowest BCUT2D eigenvalue weighted by molar-refractivity contribution is 0.573. The van der Waals surface area contributed by atoms with Crippen molar-refractivity contribution in [3.8, 4) is 0 Å². The molecule has 0 N–H and O–H groups in total. The van der Waals surface area contributed by atoms with Crippen LogP contribution in [-0.4, -0.2) is 9.94 Å². The minimum absolute atomic E-state index is 0.674. The second kappa shape index (κ2) is 9.89. The molecule has 0 aromatic rings. The number of hydrogen-bond donors (Lipinski definition) is 0. The summed E-state index contributed by atoms with van der Waals surface area (Å²) in [6.07, 6.45) is 7.92. The maximum Gasteiger partial charge on any atom is 0.198 e. The van der Waals surface area contributed by atoms with E-state index in [-0.39, 0.29) is 0 Å². The topological polar surface area (TPSA) is 34.1 Å². The largest absolute Gasteiger partial charge is 0.224 e. The summed E-state index contributed by atoms with van der Waals surface area (Å²) in [5.74, 6) is 0. The second-order valence-electron chi connectivity index (χ2n) is 4.69. The van der Waals surface area contributed by atoms with Crippen LogP contribution in [0.15, 0.2) is 0 Å². The van der Waals surface area contributed by atoms with E-state index < -0.39 is 11.4 Å². The lowest BCUT2D eigenvalue weighted by Gasteiger charge is -2.30. The molecule has 0 unspecified atom stereocenters. The molecular weight excluding hydrogens is 716 g/mol. The summed E-state index contributed by atoms with van der Waals surface area (Å²) in [6, 6.07) is 0. The van der Waals surface area contributed by atoms with E-state index >= 15 is 0 Å². The molecule has 19 heavy (non-hydrogen) atoms. The minimum Gasteiger partial charge on any atom is -0.224 e. The standard InChI is InChI=1S/C12H22I4O2S/c1-3-5-7-9-11(13,14)19(17,18)12(15,16)10-8-6-4-2/h3-10H2,1-2H3. The predicted octanol–water partition coefficient (Wildman–Crippen LogP) is 6.61. The Morgan fingerprint density at radius 3 is 1.32 bits per heavy atom. The summed E-state index contributed by atoms with van der Waals surface area (Å²) >= 11 is 8.53. The van der Waals surface area contributed by atoms with Crippen molar-refractivity contribution in [2.24, 2.45) is 0 Å². The van der Waals surface area contributed by atoms with Gasteiger partial charge in [0.2, 0.25) is 0 Å². The smallest absolute Gasteiger partial charge is 0.198 e. The number of unbranched alkanes of at least 4 members (excludes halogenated alkanes) is 4. The molecule has 0 spiro atoms. The van der Waals surface area contributed by atoms with E-state index in [0.29, 0.717) is 0 Å². The SMILES string of the molecule is CCCCCC(I)(I)S(=O)(=O)C(I)(I)CCCCC. The highest BCUT2D eigenvalue weighted by atomic mass is 127. The van der Waals surface area contributed by atoms with E-state index in [0.717, 1.165) is 51.4 Å². The number of rotatable bonds is 10. The normalized spacial score (nSPS) is 13.8. The van der Waals surface area contributed by atoms with E-state index in [1.807, 2.05) is 0 Å². The fraction of sp³-hybridized carbons (Fsp3) is 1.00. The van der Waals surface area contributed by atoms with Crippen LogP contribution in [0, 0.1) is 0 Å². The van der Waals surface area contributed by atoms with Crippen LogP contribution in [0.1, 0.15) is 65.2 Å². The molecule has 0 amide bonds. The van der Waals surface area contributed by atoms with E-state index in [4.69, 9.17) is 0 Å². The highest BCUT2D eigenvalue weighted by Gasteiger charge is 2.50. The third-order valence-corrected chi connectivity index (χ3v) is 14.0. The summed E-state index contributed by atoms with van der Waals surface area (Å²) in [6.45, 7) is 4.28. The van der Waals surface area contributed by atoms with Crippen molar-refractivity contribution >= 4 is 100 Å². The van der Waals surface area contributed by atoms with Gasteiger partial charge in [-0.3, -0.25) is 0 Å². The van der Waals surface area contributed by atoms with E-state index in [2.05, 4.69) is 104 Å². The average molecular weight is 738 g/mol. The fourth-order valence-electron chi connectivity index (χ4n) is 1.65. The Kier molecular flexibility index (Phi) is 11.4. The molecule has 0 aliphatic heterocycles. The predicted molar refractivity (Wildman–Crippen MR) is 119 cm³/mol. The van der Waals surface area contributed by atoms with Gasteiger partial charge in [-0.15, -0.1) is 0 Å². The van der Waals surface area contributed by atoms with Gasteiger partial charge in [0.1, 0.15) is 0 Å². The number of alkyl halides is 4. The number of halogens is 4. The molecule has 0 atom stereocenters. The fourth-order valence-corrected chi connectivity index (χ4v) is 14.0. The molecule has 0 aliphatic rings. The molecule has 0 saturated carbocycles. The van der Waals surface area contributed by atoms with Gasteiger partial charge in [0.05, 0.1) is 0 Å². The Balaban J connectivity index is 4.80. The maximum atomic E-state index is 12.8. The van der Waals surface area contributed by atoms with Crippen molar-refractivity contribution in [1.29, 1.82) is 0 Å². The van der Waals surface area contributed by atoms with Crippen LogP contribution >= 0.6 is 90.4 Å². The summed E-state index contributed by atoms with van der Waals surface area (Å²) in [5, 5.41) is 0. The van der Waals surface area contributed by atoms with Gasteiger partial charge < -0.3 is 0 Å². The maximum absolute atomic E-state index is 12.8. The zero-order valence-corrected chi connectivity index (χ0v) is 20.8. The third-order valence-electron chi connectivity index (χ3n) is 2.93. The Bertz CT molecular complexity index is 325. The summed E-state index contributed by atoms with van der Waals surface area (Å²) < 4.78 is 24.3. The first-order chi connectivity index (χ1) is 8.62. The molecule has 0 rings (SSSR count). The average Bonchev–Trinajstić information content (AvgIpc) is 2.29. The van der Waals surface area contributed by atoms with Gasteiger partial charge >= 0.3 is 0 Å². The quantitative estimate of drug-likeness (QED) is 0.144. The van der Waals surface area contributed by atoms with Crippen molar-refractivity contribution in [2.45, 2.75) is 66.7 Å². The first kappa shape index (κ1) is 21.9. The number of hydrogen-bond acceptors (Lipinski definition) is 2. The monoisotopic (exact) mass is 738 g/mol. The van der Waals surface area contributed by atoms with Crippen molar-refractivity contribution in [3.05, 3.63) is 0 Å². The van der Waals surface area contributed by atoms with E-state index in [9.17, 15) is 8.42 Å². The molecule has 0 heterocycles. The van der Waals surface area contributed by atoms with Gasteiger partial charge in [-0.1, -0.05) is 52.4 Å². The third kappa shape index (κ3) is 6.88. The van der Waals surface area contributed by atoms with Crippen molar-refractivity contribution < 1.29 is 8.42 Å². The van der Waals surface area contributed by atoms with Gasteiger partial charge in [0.25, 0.3) is 0 Å². The molecule has 0 saturated heterocycles. The minimum atomic E-state index is -3.15. The van der Waals surface area contributed by atoms with Crippen LogP contribution in [0.25, 0.3) is 0 Å². The number of sulfone groups is 1. The molecule has 0 bridgehead atoms. The second-order valence-corrected chi connectivity index (χ2v) is 21.5. The Hall–Kier alpha value is 2.87. The molecule has 2 nitrogen and oxygen atoms in total. The summed E-state index contributed by atoms with van der Waals surface area (Å²) in [4.78, 5) is 0. The molecule has 0 aliphatic carbocycles. The highest BCUT2D eigenvalue weighted by molar-refractivity contribution is 14.2. The molecule has 0 fully saturated rings. The van der Waals surface area contributed by atoms with Crippen molar-refractivity contribution in [2.75, 3.05) is 0 Å². The Morgan fingerprint density at radius 2 is 1.05 bits per heavy atom. The highest BCUT2D eigenvalue weighted by Crippen LogP contribution is 2.52. The molecule has 116 valence electrons. The van der Waals surface area contributed by atoms with Gasteiger partial charge in [0, 0.05) is 0 Å². The zero-order valence-electron chi connectivity index (χ0n) is 11.4. The molecule has 0 aromatic heterocycles. The molecule has 0 aromatic carbocycles. The van der Waals surface area contributed by atoms with E-state index in [1.165, 1.54) is 0 Å². The zero-order chi connectivity index (χ0) is 15.2. The lowest BCUT2D eigenvalue weighted by atomic mass is 10.2. The first-order valence-electron chi connectivity index (χ1n) is 6.62. The summed E-state index contributed by atoms with van der Waals surface area (Å²) in [5.41, 5.74) is 0. The molecule has 7 heteroatoms. The van der Waals surface area contributed by atoms with Gasteiger partial charge in [-0.2, -0.15) is 0 Å². The van der Waals surface area contributed by atoms with Crippen LogP contribution in [0.3, 0.4) is 0 Å². The van der Waals surface area contributed by atoms with Crippen LogP contribution in [0.4, 0.5) is 0 Å². The lowest BCUT2D eigenvalue weighted by Crippen LogP contribution is -2.37. The van der Waals surface area contributed by atoms with Gasteiger partial charge in [-0.05, 0) is 103 Å². The van der Waals surface area contributed by atoms with Crippen molar-refractivity contribution in [3.63, 3.8) is 0 Å².